The second kappa shape index (κ2) is 8.48. The normalized spacial score (nSPS) is 16.9. The highest BCUT2D eigenvalue weighted by molar-refractivity contribution is 9.11. The van der Waals surface area contributed by atoms with E-state index in [1.165, 1.54) is 15.6 Å². The zero-order valence-electron chi connectivity index (χ0n) is 14.5. The number of hydrogen-bond acceptors (Lipinski definition) is 5. The fourth-order valence-corrected chi connectivity index (χ4v) is 6.52. The Balaban J connectivity index is 1.60. The van der Waals surface area contributed by atoms with Crippen molar-refractivity contribution in [1.82, 2.24) is 9.21 Å². The lowest BCUT2D eigenvalue weighted by molar-refractivity contribution is -0.139. The van der Waals surface area contributed by atoms with Crippen LogP contribution in [-0.4, -0.2) is 55.8 Å². The number of sulfonamides is 1. The van der Waals surface area contributed by atoms with Gasteiger partial charge in [0, 0.05) is 26.2 Å². The molecule has 10 heteroatoms. The molecule has 0 saturated carbocycles. The number of ether oxygens (including phenoxy) is 1. The number of nitrogens with zero attached hydrogens (tertiary/aromatic N) is 2. The van der Waals surface area contributed by atoms with Crippen LogP contribution in [-0.2, 0) is 14.8 Å². The van der Waals surface area contributed by atoms with Gasteiger partial charge in [-0.15, -0.1) is 11.3 Å². The van der Waals surface area contributed by atoms with Gasteiger partial charge in [0.2, 0.25) is 0 Å². The van der Waals surface area contributed by atoms with Crippen LogP contribution in [0, 0.1) is 0 Å². The van der Waals surface area contributed by atoms with E-state index in [9.17, 15) is 13.2 Å². The predicted octanol–water partition coefficient (Wildman–Crippen LogP) is 3.46. The number of carbonyl (C=O) groups excluding carboxylic acids is 1. The Morgan fingerprint density at radius 3 is 2.44 bits per heavy atom. The van der Waals surface area contributed by atoms with E-state index in [0.29, 0.717) is 28.1 Å². The molecule has 1 amide bonds. The molecular formula is C17H18BrClN2O4S2. The zero-order chi connectivity index (χ0) is 19.6. The molecule has 1 aromatic heterocycles. The first-order valence-corrected chi connectivity index (χ1v) is 11.7. The lowest BCUT2D eigenvalue weighted by Gasteiger charge is -2.35. The van der Waals surface area contributed by atoms with E-state index in [1.54, 1.807) is 48.2 Å². The van der Waals surface area contributed by atoms with Gasteiger partial charge >= 0.3 is 0 Å². The Labute approximate surface area is 175 Å². The van der Waals surface area contributed by atoms with Crippen molar-refractivity contribution >= 4 is 54.8 Å². The number of carbonyl (C=O) groups is 1. The summed E-state index contributed by atoms with van der Waals surface area (Å²) in [5, 5.41) is 0.440. The smallest absolute Gasteiger partial charge is 0.263 e. The largest absolute Gasteiger partial charge is 0.479 e. The fourth-order valence-electron chi connectivity index (χ4n) is 2.75. The maximum atomic E-state index is 12.7. The van der Waals surface area contributed by atoms with Gasteiger partial charge in [-0.2, -0.15) is 4.31 Å². The molecule has 1 atom stereocenters. The fraction of sp³-hybridized carbons (Fsp3) is 0.353. The second-order valence-electron chi connectivity index (χ2n) is 5.98. The summed E-state index contributed by atoms with van der Waals surface area (Å²) in [7, 11) is -3.53. The Kier molecular flexibility index (Phi) is 6.47. The molecule has 1 aliphatic heterocycles. The molecule has 0 radical (unpaired) electrons. The third-order valence-corrected chi connectivity index (χ3v) is 8.48. The van der Waals surface area contributed by atoms with Crippen molar-refractivity contribution in [2.45, 2.75) is 17.2 Å². The number of rotatable bonds is 5. The third-order valence-electron chi connectivity index (χ3n) is 4.18. The standard InChI is InChI=1S/C17H18BrClN2O4S2/c1-12(25-14-5-3-2-4-13(14)19)17(22)20-8-10-21(11-9-20)27(23,24)16-7-6-15(18)26-16/h2-7,12H,8-11H2,1H3. The monoisotopic (exact) mass is 492 g/mol. The van der Waals surface area contributed by atoms with Gasteiger partial charge in [-0.1, -0.05) is 23.7 Å². The van der Waals surface area contributed by atoms with E-state index in [1.807, 2.05) is 0 Å². The van der Waals surface area contributed by atoms with Crippen molar-refractivity contribution in [2.24, 2.45) is 0 Å². The van der Waals surface area contributed by atoms with Gasteiger partial charge in [0.15, 0.2) is 6.10 Å². The number of halogens is 2. The van der Waals surface area contributed by atoms with E-state index in [2.05, 4.69) is 15.9 Å². The summed E-state index contributed by atoms with van der Waals surface area (Å²) in [6.45, 7) is 2.81. The van der Waals surface area contributed by atoms with Crippen LogP contribution in [0.3, 0.4) is 0 Å². The quantitative estimate of drug-likeness (QED) is 0.640. The molecular weight excluding hydrogens is 476 g/mol. The molecule has 2 heterocycles. The summed E-state index contributed by atoms with van der Waals surface area (Å²) in [5.74, 6) is 0.260. The molecule has 2 aromatic rings. The summed E-state index contributed by atoms with van der Waals surface area (Å²) >= 11 is 10.5. The number of piperazine rings is 1. The van der Waals surface area contributed by atoms with Gasteiger partial charge in [-0.3, -0.25) is 4.79 Å². The molecule has 27 heavy (non-hydrogen) atoms. The van der Waals surface area contributed by atoms with Crippen molar-refractivity contribution in [2.75, 3.05) is 26.2 Å². The average molecular weight is 494 g/mol. The van der Waals surface area contributed by atoms with Gasteiger partial charge < -0.3 is 9.64 Å². The van der Waals surface area contributed by atoms with Crippen molar-refractivity contribution in [3.8, 4) is 5.75 Å². The maximum absolute atomic E-state index is 12.7. The molecule has 3 rings (SSSR count). The van der Waals surface area contributed by atoms with Crippen molar-refractivity contribution < 1.29 is 17.9 Å². The van der Waals surface area contributed by atoms with E-state index in [4.69, 9.17) is 16.3 Å². The van der Waals surface area contributed by atoms with Crippen LogP contribution >= 0.6 is 38.9 Å². The first kappa shape index (κ1) is 20.6. The van der Waals surface area contributed by atoms with Crippen LogP contribution < -0.4 is 4.74 Å². The Morgan fingerprint density at radius 1 is 1.19 bits per heavy atom. The molecule has 0 spiro atoms. The molecule has 0 N–H and O–H groups in total. The van der Waals surface area contributed by atoms with Gasteiger partial charge in [-0.25, -0.2) is 8.42 Å². The highest BCUT2D eigenvalue weighted by atomic mass is 79.9. The van der Waals surface area contributed by atoms with Gasteiger partial charge in [0.1, 0.15) is 9.96 Å². The lowest BCUT2D eigenvalue weighted by atomic mass is 10.2. The molecule has 1 aromatic carbocycles. The zero-order valence-corrected chi connectivity index (χ0v) is 18.4. The van der Waals surface area contributed by atoms with Crippen molar-refractivity contribution in [3.05, 3.63) is 45.2 Å². The van der Waals surface area contributed by atoms with Gasteiger partial charge in [-0.05, 0) is 47.1 Å². The molecule has 0 aliphatic carbocycles. The number of amides is 1. The van der Waals surface area contributed by atoms with Crippen molar-refractivity contribution in [1.29, 1.82) is 0 Å². The summed E-state index contributed by atoms with van der Waals surface area (Å²) in [4.78, 5) is 14.3. The molecule has 6 nitrogen and oxygen atoms in total. The minimum absolute atomic E-state index is 0.189. The molecule has 1 aliphatic rings. The first-order valence-electron chi connectivity index (χ1n) is 8.24. The molecule has 1 saturated heterocycles. The summed E-state index contributed by atoms with van der Waals surface area (Å²) in [6.07, 6.45) is -0.707. The third kappa shape index (κ3) is 4.65. The van der Waals surface area contributed by atoms with E-state index >= 15 is 0 Å². The van der Waals surface area contributed by atoms with Crippen LogP contribution in [0.25, 0.3) is 0 Å². The summed E-state index contributed by atoms with van der Waals surface area (Å²) in [5.41, 5.74) is 0. The average Bonchev–Trinajstić information content (AvgIpc) is 3.10. The topological polar surface area (TPSA) is 66.9 Å². The molecule has 0 bridgehead atoms. The predicted molar refractivity (Wildman–Crippen MR) is 109 cm³/mol. The highest BCUT2D eigenvalue weighted by Gasteiger charge is 2.32. The Hall–Kier alpha value is -1.13. The van der Waals surface area contributed by atoms with E-state index in [-0.39, 0.29) is 19.0 Å². The van der Waals surface area contributed by atoms with Crippen molar-refractivity contribution in [3.63, 3.8) is 0 Å². The Morgan fingerprint density at radius 2 is 1.85 bits per heavy atom. The first-order chi connectivity index (χ1) is 12.8. The highest BCUT2D eigenvalue weighted by Crippen LogP contribution is 2.29. The number of para-hydroxylation sites is 1. The summed E-state index contributed by atoms with van der Waals surface area (Å²) < 4.78 is 33.5. The number of benzene rings is 1. The van der Waals surface area contributed by atoms with Crippen LogP contribution in [0.15, 0.2) is 44.4 Å². The minimum atomic E-state index is -3.53. The Bertz CT molecular complexity index is 927. The number of thiophene rings is 1. The minimum Gasteiger partial charge on any atom is -0.479 e. The molecule has 1 fully saturated rings. The second-order valence-corrected chi connectivity index (χ2v) is 11.0. The molecule has 1 unspecified atom stereocenters. The van der Waals surface area contributed by atoms with Gasteiger partial charge in [0.05, 0.1) is 8.81 Å². The molecule has 146 valence electrons. The van der Waals surface area contributed by atoms with E-state index < -0.39 is 16.1 Å². The number of hydrogen-bond donors (Lipinski definition) is 0. The SMILES string of the molecule is CC(Oc1ccccc1Cl)C(=O)N1CCN(S(=O)(=O)c2ccc(Br)s2)CC1. The lowest BCUT2D eigenvalue weighted by Crippen LogP contribution is -2.53. The van der Waals surface area contributed by atoms with E-state index in [0.717, 1.165) is 3.79 Å². The van der Waals surface area contributed by atoms with Gasteiger partial charge in [0.25, 0.3) is 15.9 Å². The summed E-state index contributed by atoms with van der Waals surface area (Å²) in [6, 6.07) is 10.3. The van der Waals surface area contributed by atoms with Crippen LogP contribution in [0.1, 0.15) is 6.92 Å². The van der Waals surface area contributed by atoms with Crippen LogP contribution in [0.4, 0.5) is 0 Å². The van der Waals surface area contributed by atoms with Crippen LogP contribution in [0.5, 0.6) is 5.75 Å². The van der Waals surface area contributed by atoms with Crippen LogP contribution in [0.2, 0.25) is 5.02 Å². The maximum Gasteiger partial charge on any atom is 0.263 e.